The second-order valence-corrected chi connectivity index (χ2v) is 5.43. The van der Waals surface area contributed by atoms with Crippen molar-refractivity contribution in [3.05, 3.63) is 24.2 Å². The zero-order chi connectivity index (χ0) is 12.3. The van der Waals surface area contributed by atoms with Crippen molar-refractivity contribution in [1.29, 1.82) is 0 Å². The van der Waals surface area contributed by atoms with Crippen LogP contribution in [0.15, 0.2) is 22.8 Å². The summed E-state index contributed by atoms with van der Waals surface area (Å²) in [6, 6.07) is 5.80. The Bertz CT molecular complexity index is 321. The number of nitrogens with zero attached hydrogens (tertiary/aromatic N) is 1. The fourth-order valence-corrected chi connectivity index (χ4v) is 2.58. The van der Waals surface area contributed by atoms with E-state index in [2.05, 4.69) is 31.0 Å². The molecule has 1 saturated heterocycles. The monoisotopic (exact) mass is 236 g/mol. The molecule has 96 valence electrons. The van der Waals surface area contributed by atoms with E-state index in [-0.39, 0.29) is 0 Å². The highest BCUT2D eigenvalue weighted by Gasteiger charge is 2.24. The van der Waals surface area contributed by atoms with E-state index in [0.717, 1.165) is 12.2 Å². The van der Waals surface area contributed by atoms with Gasteiger partial charge in [0.2, 0.25) is 0 Å². The maximum Gasteiger partial charge on any atom is 0.105 e. The summed E-state index contributed by atoms with van der Waals surface area (Å²) in [7, 11) is 0. The minimum absolute atomic E-state index is 0.485. The van der Waals surface area contributed by atoms with Crippen molar-refractivity contribution in [3.63, 3.8) is 0 Å². The van der Waals surface area contributed by atoms with Crippen LogP contribution in [0.2, 0.25) is 0 Å². The van der Waals surface area contributed by atoms with Gasteiger partial charge in [-0.15, -0.1) is 0 Å². The highest BCUT2D eigenvalue weighted by molar-refractivity contribution is 5.00. The third-order valence-electron chi connectivity index (χ3n) is 3.56. The summed E-state index contributed by atoms with van der Waals surface area (Å²) in [6.45, 7) is 9.19. The van der Waals surface area contributed by atoms with Crippen LogP contribution in [-0.4, -0.2) is 36.1 Å². The molecule has 3 nitrogen and oxygen atoms in total. The smallest absolute Gasteiger partial charge is 0.105 e. The first-order valence-corrected chi connectivity index (χ1v) is 6.67. The zero-order valence-electron chi connectivity index (χ0n) is 11.1. The second kappa shape index (κ2) is 5.69. The molecule has 0 saturated carbocycles. The Morgan fingerprint density at radius 2 is 2.29 bits per heavy atom. The SMILES string of the molecule is CC(Cc1ccco1)NC1CCN(C(C)C)C1. The van der Waals surface area contributed by atoms with Crippen LogP contribution in [0, 0.1) is 0 Å². The molecule has 1 aliphatic rings. The number of nitrogens with one attached hydrogen (secondary N) is 1. The molecule has 0 aliphatic carbocycles. The topological polar surface area (TPSA) is 28.4 Å². The van der Waals surface area contributed by atoms with Gasteiger partial charge in [-0.3, -0.25) is 4.90 Å². The highest BCUT2D eigenvalue weighted by Crippen LogP contribution is 2.13. The van der Waals surface area contributed by atoms with Crippen LogP contribution in [0.1, 0.15) is 33.0 Å². The van der Waals surface area contributed by atoms with Crippen LogP contribution in [0.3, 0.4) is 0 Å². The minimum Gasteiger partial charge on any atom is -0.469 e. The Kier molecular flexibility index (Phi) is 4.24. The third kappa shape index (κ3) is 3.58. The van der Waals surface area contributed by atoms with Crippen molar-refractivity contribution in [2.24, 2.45) is 0 Å². The molecule has 1 aliphatic heterocycles. The summed E-state index contributed by atoms with van der Waals surface area (Å²) >= 11 is 0. The molecule has 2 heterocycles. The fraction of sp³-hybridized carbons (Fsp3) is 0.714. The van der Waals surface area contributed by atoms with Crippen molar-refractivity contribution in [3.8, 4) is 0 Å². The van der Waals surface area contributed by atoms with Crippen molar-refractivity contribution < 1.29 is 4.42 Å². The summed E-state index contributed by atoms with van der Waals surface area (Å²) in [5, 5.41) is 3.70. The van der Waals surface area contributed by atoms with Crippen molar-refractivity contribution in [2.75, 3.05) is 13.1 Å². The van der Waals surface area contributed by atoms with Crippen molar-refractivity contribution >= 4 is 0 Å². The second-order valence-electron chi connectivity index (χ2n) is 5.43. The van der Waals surface area contributed by atoms with Crippen molar-refractivity contribution in [2.45, 2.75) is 51.7 Å². The molecule has 1 aromatic heterocycles. The van der Waals surface area contributed by atoms with Gasteiger partial charge in [0.1, 0.15) is 5.76 Å². The Hall–Kier alpha value is -0.800. The highest BCUT2D eigenvalue weighted by atomic mass is 16.3. The molecular formula is C14H24N2O. The van der Waals surface area contributed by atoms with Crippen LogP contribution in [0.4, 0.5) is 0 Å². The maximum absolute atomic E-state index is 5.38. The van der Waals surface area contributed by atoms with E-state index in [0.29, 0.717) is 18.1 Å². The summed E-state index contributed by atoms with van der Waals surface area (Å²) in [5.74, 6) is 1.07. The van der Waals surface area contributed by atoms with E-state index in [1.807, 2.05) is 12.1 Å². The number of rotatable bonds is 5. The van der Waals surface area contributed by atoms with Gasteiger partial charge in [-0.2, -0.15) is 0 Å². The standard InChI is InChI=1S/C14H24N2O/c1-11(2)16-7-6-13(10-16)15-12(3)9-14-5-4-8-17-14/h4-5,8,11-13,15H,6-7,9-10H2,1-3H3. The van der Waals surface area contributed by atoms with Gasteiger partial charge in [0, 0.05) is 31.1 Å². The lowest BCUT2D eigenvalue weighted by Gasteiger charge is -2.22. The molecule has 1 aromatic rings. The molecule has 2 rings (SSSR count). The lowest BCUT2D eigenvalue weighted by atomic mass is 10.1. The first-order chi connectivity index (χ1) is 8.15. The molecule has 1 fully saturated rings. The zero-order valence-corrected chi connectivity index (χ0v) is 11.1. The molecular weight excluding hydrogens is 212 g/mol. The van der Waals surface area contributed by atoms with E-state index in [9.17, 15) is 0 Å². The van der Waals surface area contributed by atoms with E-state index < -0.39 is 0 Å². The normalized spacial score (nSPS) is 23.4. The number of hydrogen-bond donors (Lipinski definition) is 1. The lowest BCUT2D eigenvalue weighted by molar-refractivity contribution is 0.265. The quantitative estimate of drug-likeness (QED) is 0.850. The lowest BCUT2D eigenvalue weighted by Crippen LogP contribution is -2.40. The summed E-state index contributed by atoms with van der Waals surface area (Å²) in [4.78, 5) is 2.54. The van der Waals surface area contributed by atoms with E-state index in [1.54, 1.807) is 6.26 Å². The summed E-state index contributed by atoms with van der Waals surface area (Å²) in [5.41, 5.74) is 0. The van der Waals surface area contributed by atoms with Crippen LogP contribution in [-0.2, 0) is 6.42 Å². The van der Waals surface area contributed by atoms with Crippen LogP contribution < -0.4 is 5.32 Å². The third-order valence-corrected chi connectivity index (χ3v) is 3.56. The largest absolute Gasteiger partial charge is 0.469 e. The Morgan fingerprint density at radius 3 is 2.88 bits per heavy atom. The number of furan rings is 1. The Balaban J connectivity index is 1.74. The number of likely N-dealkylation sites (tertiary alicyclic amines) is 1. The Labute approximate surface area is 104 Å². The first kappa shape index (κ1) is 12.7. The van der Waals surface area contributed by atoms with Gasteiger partial charge in [0.15, 0.2) is 0 Å². The van der Waals surface area contributed by atoms with E-state index in [1.165, 1.54) is 19.5 Å². The molecule has 0 bridgehead atoms. The minimum atomic E-state index is 0.485. The molecule has 17 heavy (non-hydrogen) atoms. The molecule has 0 spiro atoms. The molecule has 2 unspecified atom stereocenters. The van der Waals surface area contributed by atoms with Crippen molar-refractivity contribution in [1.82, 2.24) is 10.2 Å². The molecule has 1 N–H and O–H groups in total. The molecule has 0 amide bonds. The maximum atomic E-state index is 5.38. The van der Waals surface area contributed by atoms with E-state index >= 15 is 0 Å². The molecule has 3 heteroatoms. The van der Waals surface area contributed by atoms with Gasteiger partial charge in [-0.05, 0) is 45.9 Å². The molecule has 2 atom stereocenters. The van der Waals surface area contributed by atoms with Gasteiger partial charge in [-0.25, -0.2) is 0 Å². The predicted molar refractivity (Wildman–Crippen MR) is 70.1 cm³/mol. The van der Waals surface area contributed by atoms with Gasteiger partial charge < -0.3 is 9.73 Å². The molecule has 0 aromatic carbocycles. The summed E-state index contributed by atoms with van der Waals surface area (Å²) < 4.78 is 5.38. The van der Waals surface area contributed by atoms with Gasteiger partial charge in [-0.1, -0.05) is 0 Å². The van der Waals surface area contributed by atoms with E-state index in [4.69, 9.17) is 4.42 Å². The first-order valence-electron chi connectivity index (χ1n) is 6.67. The summed E-state index contributed by atoms with van der Waals surface area (Å²) in [6.07, 6.45) is 3.99. The molecule has 0 radical (unpaired) electrons. The average Bonchev–Trinajstić information content (AvgIpc) is 2.88. The van der Waals surface area contributed by atoms with Gasteiger partial charge in [0.25, 0.3) is 0 Å². The Morgan fingerprint density at radius 1 is 1.47 bits per heavy atom. The predicted octanol–water partition coefficient (Wildman–Crippen LogP) is 2.28. The van der Waals surface area contributed by atoms with Crippen LogP contribution in [0.25, 0.3) is 0 Å². The van der Waals surface area contributed by atoms with Crippen LogP contribution >= 0.6 is 0 Å². The van der Waals surface area contributed by atoms with Crippen LogP contribution in [0.5, 0.6) is 0 Å². The number of hydrogen-bond acceptors (Lipinski definition) is 3. The van der Waals surface area contributed by atoms with Gasteiger partial charge in [0.05, 0.1) is 6.26 Å². The average molecular weight is 236 g/mol. The fourth-order valence-electron chi connectivity index (χ4n) is 2.58. The van der Waals surface area contributed by atoms with Gasteiger partial charge >= 0.3 is 0 Å².